The molecule has 0 aliphatic rings. The summed E-state index contributed by atoms with van der Waals surface area (Å²) < 4.78 is 0. The van der Waals surface area contributed by atoms with Crippen LogP contribution in [0, 0.1) is 6.92 Å². The Balaban J connectivity index is 1.76. The third-order valence-electron chi connectivity index (χ3n) is 3.47. The van der Waals surface area contributed by atoms with Gasteiger partial charge in [-0.3, -0.25) is 0 Å². The highest BCUT2D eigenvalue weighted by molar-refractivity contribution is 7.11. The number of guanidine groups is 1. The molecule has 24 heavy (non-hydrogen) atoms. The molecule has 0 saturated carbocycles. The number of aromatic nitrogens is 1. The van der Waals surface area contributed by atoms with Crippen LogP contribution < -0.4 is 10.6 Å². The summed E-state index contributed by atoms with van der Waals surface area (Å²) in [6.45, 7) is 8.37. The molecule has 0 aliphatic heterocycles. The second kappa shape index (κ2) is 10.1. The third-order valence-corrected chi connectivity index (χ3v) is 4.36. The van der Waals surface area contributed by atoms with Crippen molar-refractivity contribution in [2.24, 2.45) is 4.99 Å². The number of hydrogen-bond acceptors (Lipinski definition) is 4. The maximum atomic E-state index is 4.60. The Morgan fingerprint density at radius 3 is 2.71 bits per heavy atom. The Kier molecular flexibility index (Phi) is 7.71. The van der Waals surface area contributed by atoms with Crippen LogP contribution in [-0.2, 0) is 13.1 Å². The van der Waals surface area contributed by atoms with Crippen LogP contribution in [0.1, 0.15) is 22.4 Å². The molecule has 5 nitrogen and oxygen atoms in total. The van der Waals surface area contributed by atoms with E-state index in [-0.39, 0.29) is 0 Å². The van der Waals surface area contributed by atoms with E-state index in [0.29, 0.717) is 6.54 Å². The molecular weight excluding hydrogens is 318 g/mol. The summed E-state index contributed by atoms with van der Waals surface area (Å²) in [5.41, 5.74) is 1.33. The van der Waals surface area contributed by atoms with E-state index in [4.69, 9.17) is 0 Å². The first-order valence-electron chi connectivity index (χ1n) is 8.33. The summed E-state index contributed by atoms with van der Waals surface area (Å²) >= 11 is 1.70. The van der Waals surface area contributed by atoms with Crippen molar-refractivity contribution in [1.29, 1.82) is 0 Å². The topological polar surface area (TPSA) is 52.6 Å². The molecule has 2 aromatic rings. The molecule has 1 heterocycles. The number of aliphatic imine (C=N–C) groups is 1. The van der Waals surface area contributed by atoms with Crippen LogP contribution in [-0.4, -0.2) is 42.5 Å². The molecule has 2 rings (SSSR count). The second-order valence-corrected chi connectivity index (χ2v) is 7.03. The summed E-state index contributed by atoms with van der Waals surface area (Å²) in [6, 6.07) is 10.5. The summed E-state index contributed by atoms with van der Waals surface area (Å²) in [5, 5.41) is 7.72. The van der Waals surface area contributed by atoms with E-state index in [9.17, 15) is 0 Å². The Morgan fingerprint density at radius 2 is 2.04 bits per heavy atom. The molecule has 1 aromatic heterocycles. The minimum atomic E-state index is 0.619. The molecule has 130 valence electrons. The van der Waals surface area contributed by atoms with Crippen LogP contribution in [0.25, 0.3) is 0 Å². The number of nitrogens with zero attached hydrogens (tertiary/aromatic N) is 3. The van der Waals surface area contributed by atoms with Crippen molar-refractivity contribution in [3.8, 4) is 0 Å². The van der Waals surface area contributed by atoms with Gasteiger partial charge in [-0.2, -0.15) is 0 Å². The lowest BCUT2D eigenvalue weighted by Crippen LogP contribution is -2.40. The van der Waals surface area contributed by atoms with Crippen molar-refractivity contribution >= 4 is 17.3 Å². The zero-order valence-corrected chi connectivity index (χ0v) is 15.6. The standard InChI is InChI=1S/C18H27N5S/c1-4-19-18(22-13-17-21-12-15(2)24-17)20-10-11-23(3)14-16-8-6-5-7-9-16/h5-9,12H,4,10-11,13-14H2,1-3H3,(H2,19,20,22). The monoisotopic (exact) mass is 345 g/mol. The molecule has 0 unspecified atom stereocenters. The van der Waals surface area contributed by atoms with Gasteiger partial charge in [0.1, 0.15) is 5.01 Å². The summed E-state index contributed by atoms with van der Waals surface area (Å²) in [6.07, 6.45) is 1.90. The SMILES string of the molecule is CCNC(=NCc1ncc(C)s1)NCCN(C)Cc1ccccc1. The summed E-state index contributed by atoms with van der Waals surface area (Å²) in [5.74, 6) is 0.846. The fraction of sp³-hybridized carbons (Fsp3) is 0.444. The van der Waals surface area contributed by atoms with Gasteiger partial charge in [0.05, 0.1) is 6.54 Å². The predicted octanol–water partition coefficient (Wildman–Crippen LogP) is 2.64. The van der Waals surface area contributed by atoms with E-state index in [0.717, 1.165) is 37.1 Å². The highest BCUT2D eigenvalue weighted by Gasteiger charge is 2.03. The van der Waals surface area contributed by atoms with Gasteiger partial charge in [-0.05, 0) is 26.5 Å². The zero-order valence-electron chi connectivity index (χ0n) is 14.7. The molecular formula is C18H27N5S. The fourth-order valence-corrected chi connectivity index (χ4v) is 3.01. The lowest BCUT2D eigenvalue weighted by atomic mass is 10.2. The van der Waals surface area contributed by atoms with E-state index < -0.39 is 0 Å². The normalized spacial score (nSPS) is 11.8. The van der Waals surface area contributed by atoms with Crippen LogP contribution in [0.4, 0.5) is 0 Å². The fourth-order valence-electron chi connectivity index (χ4n) is 2.30. The van der Waals surface area contributed by atoms with E-state index in [1.807, 2.05) is 12.3 Å². The lowest BCUT2D eigenvalue weighted by Gasteiger charge is -2.18. The number of rotatable bonds is 8. The smallest absolute Gasteiger partial charge is 0.191 e. The lowest BCUT2D eigenvalue weighted by molar-refractivity contribution is 0.331. The van der Waals surface area contributed by atoms with Gasteiger partial charge in [0, 0.05) is 37.3 Å². The summed E-state index contributed by atoms with van der Waals surface area (Å²) in [7, 11) is 2.14. The van der Waals surface area contributed by atoms with Crippen LogP contribution in [0.3, 0.4) is 0 Å². The van der Waals surface area contributed by atoms with Crippen molar-refractivity contribution in [2.75, 3.05) is 26.7 Å². The maximum Gasteiger partial charge on any atom is 0.191 e. The molecule has 2 N–H and O–H groups in total. The second-order valence-electron chi connectivity index (χ2n) is 5.71. The van der Waals surface area contributed by atoms with Gasteiger partial charge >= 0.3 is 0 Å². The number of hydrogen-bond donors (Lipinski definition) is 2. The van der Waals surface area contributed by atoms with E-state index in [1.165, 1.54) is 10.4 Å². The molecule has 0 radical (unpaired) electrons. The number of nitrogens with one attached hydrogen (secondary N) is 2. The first kappa shape index (κ1) is 18.4. The van der Waals surface area contributed by atoms with Gasteiger partial charge in [-0.1, -0.05) is 30.3 Å². The van der Waals surface area contributed by atoms with Crippen molar-refractivity contribution in [3.05, 3.63) is 52.0 Å². The number of aryl methyl sites for hydroxylation is 1. The number of benzene rings is 1. The third kappa shape index (κ3) is 6.68. The van der Waals surface area contributed by atoms with Crippen molar-refractivity contribution in [2.45, 2.75) is 26.9 Å². The predicted molar refractivity (Wildman–Crippen MR) is 102 cm³/mol. The van der Waals surface area contributed by atoms with E-state index >= 15 is 0 Å². The molecule has 0 spiro atoms. The summed E-state index contributed by atoms with van der Waals surface area (Å²) in [4.78, 5) is 12.5. The van der Waals surface area contributed by atoms with Crippen molar-refractivity contribution in [1.82, 2.24) is 20.5 Å². The molecule has 0 bridgehead atoms. The Bertz CT molecular complexity index is 623. The van der Waals surface area contributed by atoms with Gasteiger partial charge in [0.2, 0.25) is 0 Å². The zero-order chi connectivity index (χ0) is 17.2. The largest absolute Gasteiger partial charge is 0.357 e. The van der Waals surface area contributed by atoms with Gasteiger partial charge in [0.15, 0.2) is 5.96 Å². The number of likely N-dealkylation sites (N-methyl/N-ethyl adjacent to an activating group) is 1. The average Bonchev–Trinajstić information content (AvgIpc) is 2.99. The highest BCUT2D eigenvalue weighted by atomic mass is 32.1. The molecule has 0 aliphatic carbocycles. The van der Waals surface area contributed by atoms with Gasteiger partial charge < -0.3 is 15.5 Å². The average molecular weight is 346 g/mol. The number of thiazole rings is 1. The van der Waals surface area contributed by atoms with Gasteiger partial charge in [-0.25, -0.2) is 9.98 Å². The van der Waals surface area contributed by atoms with Crippen LogP contribution >= 0.6 is 11.3 Å². The molecule has 0 amide bonds. The Hall–Kier alpha value is -1.92. The van der Waals surface area contributed by atoms with E-state index in [1.54, 1.807) is 11.3 Å². The Morgan fingerprint density at radius 1 is 1.25 bits per heavy atom. The Labute approximate surface area is 148 Å². The minimum Gasteiger partial charge on any atom is -0.357 e. The molecule has 6 heteroatoms. The van der Waals surface area contributed by atoms with Crippen molar-refractivity contribution < 1.29 is 0 Å². The van der Waals surface area contributed by atoms with E-state index in [2.05, 4.69) is 70.7 Å². The first-order valence-corrected chi connectivity index (χ1v) is 9.15. The minimum absolute atomic E-state index is 0.619. The van der Waals surface area contributed by atoms with Gasteiger partial charge in [-0.15, -0.1) is 11.3 Å². The quantitative estimate of drug-likeness (QED) is 0.570. The van der Waals surface area contributed by atoms with Crippen LogP contribution in [0.2, 0.25) is 0 Å². The van der Waals surface area contributed by atoms with Crippen molar-refractivity contribution in [3.63, 3.8) is 0 Å². The molecule has 0 saturated heterocycles. The maximum absolute atomic E-state index is 4.60. The van der Waals surface area contributed by atoms with Crippen LogP contribution in [0.5, 0.6) is 0 Å². The van der Waals surface area contributed by atoms with Gasteiger partial charge in [0.25, 0.3) is 0 Å². The molecule has 0 atom stereocenters. The molecule has 0 fully saturated rings. The highest BCUT2D eigenvalue weighted by Crippen LogP contribution is 2.11. The van der Waals surface area contributed by atoms with Crippen LogP contribution in [0.15, 0.2) is 41.5 Å². The first-order chi connectivity index (χ1) is 11.7. The molecule has 1 aromatic carbocycles.